The Morgan fingerprint density at radius 1 is 1.05 bits per heavy atom. The second kappa shape index (κ2) is 7.22. The Morgan fingerprint density at radius 2 is 1.77 bits per heavy atom. The Kier molecular flexibility index (Phi) is 5.09. The van der Waals surface area contributed by atoms with E-state index >= 15 is 0 Å². The van der Waals surface area contributed by atoms with Crippen molar-refractivity contribution in [1.82, 2.24) is 0 Å². The van der Waals surface area contributed by atoms with Crippen LogP contribution in [0.15, 0.2) is 54.6 Å². The van der Waals surface area contributed by atoms with Gasteiger partial charge in [-0.25, -0.2) is 4.79 Å². The fourth-order valence-electron chi connectivity index (χ4n) is 2.01. The second-order valence-electron chi connectivity index (χ2n) is 4.70. The minimum atomic E-state index is -0.423. The molecule has 0 heterocycles. The van der Waals surface area contributed by atoms with Crippen molar-refractivity contribution in [3.8, 4) is 0 Å². The molecule has 0 saturated carbocycles. The summed E-state index contributed by atoms with van der Waals surface area (Å²) in [5.74, 6) is -0.678. The number of amides is 1. The van der Waals surface area contributed by atoms with Crippen molar-refractivity contribution in [2.75, 3.05) is 12.4 Å². The Labute approximate surface area is 129 Å². The van der Waals surface area contributed by atoms with Gasteiger partial charge in [0.2, 0.25) is 5.91 Å². The second-order valence-corrected chi connectivity index (χ2v) is 4.70. The lowest BCUT2D eigenvalue weighted by Gasteiger charge is -2.10. The highest BCUT2D eigenvalue weighted by atomic mass is 16.5. The van der Waals surface area contributed by atoms with E-state index in [4.69, 9.17) is 4.74 Å². The summed E-state index contributed by atoms with van der Waals surface area (Å²) in [5, 5.41) is 2.77. The number of esters is 1. The molecule has 2 rings (SSSR count). The van der Waals surface area contributed by atoms with E-state index in [9.17, 15) is 9.59 Å². The molecule has 4 heteroatoms. The van der Waals surface area contributed by atoms with Crippen LogP contribution in [-0.2, 0) is 9.53 Å². The summed E-state index contributed by atoms with van der Waals surface area (Å²) in [6, 6.07) is 14.7. The summed E-state index contributed by atoms with van der Waals surface area (Å²) in [5.41, 5.74) is 2.64. The molecule has 0 unspecified atom stereocenters. The lowest BCUT2D eigenvalue weighted by molar-refractivity contribution is -0.111. The summed E-state index contributed by atoms with van der Waals surface area (Å²) in [7, 11) is 1.33. The summed E-state index contributed by atoms with van der Waals surface area (Å²) in [6.07, 6.45) is 3.19. The van der Waals surface area contributed by atoms with Crippen molar-refractivity contribution in [3.63, 3.8) is 0 Å². The van der Waals surface area contributed by atoms with Crippen LogP contribution in [0.5, 0.6) is 0 Å². The standard InChI is InChI=1S/C18H17NO3/c1-13-15(18(21)22-2)9-6-10-16(13)19-17(20)12-11-14-7-4-3-5-8-14/h3-12H,1-2H3,(H,19,20)/b12-11+. The van der Waals surface area contributed by atoms with Crippen LogP contribution in [-0.4, -0.2) is 19.0 Å². The van der Waals surface area contributed by atoms with Crippen LogP contribution >= 0.6 is 0 Å². The van der Waals surface area contributed by atoms with Gasteiger partial charge in [0.1, 0.15) is 0 Å². The number of ether oxygens (including phenoxy) is 1. The molecule has 0 radical (unpaired) electrons. The lowest BCUT2D eigenvalue weighted by atomic mass is 10.1. The maximum atomic E-state index is 12.0. The zero-order chi connectivity index (χ0) is 15.9. The molecule has 1 amide bonds. The van der Waals surface area contributed by atoms with E-state index in [2.05, 4.69) is 5.32 Å². The van der Waals surface area contributed by atoms with Crippen molar-refractivity contribution < 1.29 is 14.3 Å². The highest BCUT2D eigenvalue weighted by Gasteiger charge is 2.12. The van der Waals surface area contributed by atoms with E-state index in [0.717, 1.165) is 5.56 Å². The van der Waals surface area contributed by atoms with Gasteiger partial charge in [-0.05, 0) is 36.3 Å². The number of carbonyl (C=O) groups excluding carboxylic acids is 2. The minimum Gasteiger partial charge on any atom is -0.465 e. The van der Waals surface area contributed by atoms with Gasteiger partial charge in [0.25, 0.3) is 0 Å². The molecule has 0 fully saturated rings. The van der Waals surface area contributed by atoms with Crippen molar-refractivity contribution in [2.45, 2.75) is 6.92 Å². The number of hydrogen-bond acceptors (Lipinski definition) is 3. The molecule has 0 aliphatic heterocycles. The normalized spacial score (nSPS) is 10.5. The molecular formula is C18H17NO3. The first-order valence-corrected chi connectivity index (χ1v) is 6.84. The van der Waals surface area contributed by atoms with Gasteiger partial charge in [-0.3, -0.25) is 4.79 Å². The van der Waals surface area contributed by atoms with E-state index in [-0.39, 0.29) is 5.91 Å². The maximum Gasteiger partial charge on any atom is 0.338 e. The largest absolute Gasteiger partial charge is 0.465 e. The highest BCUT2D eigenvalue weighted by Crippen LogP contribution is 2.19. The molecule has 0 aliphatic carbocycles. The Morgan fingerprint density at radius 3 is 2.45 bits per heavy atom. The molecule has 112 valence electrons. The van der Waals surface area contributed by atoms with Crippen LogP contribution in [0.2, 0.25) is 0 Å². The molecule has 0 atom stereocenters. The first-order valence-electron chi connectivity index (χ1n) is 6.84. The third kappa shape index (κ3) is 3.82. The zero-order valence-corrected chi connectivity index (χ0v) is 12.5. The molecule has 1 N–H and O–H groups in total. The average molecular weight is 295 g/mol. The Hall–Kier alpha value is -2.88. The van der Waals surface area contributed by atoms with Gasteiger partial charge in [0.05, 0.1) is 12.7 Å². The van der Waals surface area contributed by atoms with Crippen molar-refractivity contribution in [3.05, 3.63) is 71.3 Å². The summed E-state index contributed by atoms with van der Waals surface area (Å²) in [4.78, 5) is 23.6. The fourth-order valence-corrected chi connectivity index (χ4v) is 2.01. The maximum absolute atomic E-state index is 12.0. The lowest BCUT2D eigenvalue weighted by Crippen LogP contribution is -2.11. The van der Waals surface area contributed by atoms with Gasteiger partial charge in [-0.1, -0.05) is 36.4 Å². The van der Waals surface area contributed by atoms with Crippen LogP contribution in [0.3, 0.4) is 0 Å². The summed E-state index contributed by atoms with van der Waals surface area (Å²) >= 11 is 0. The quantitative estimate of drug-likeness (QED) is 0.694. The number of nitrogens with one attached hydrogen (secondary N) is 1. The smallest absolute Gasteiger partial charge is 0.338 e. The monoisotopic (exact) mass is 295 g/mol. The number of carbonyl (C=O) groups is 2. The molecule has 4 nitrogen and oxygen atoms in total. The van der Waals surface area contributed by atoms with Gasteiger partial charge in [-0.2, -0.15) is 0 Å². The number of anilines is 1. The van der Waals surface area contributed by atoms with E-state index in [1.54, 1.807) is 31.2 Å². The van der Waals surface area contributed by atoms with Gasteiger partial charge < -0.3 is 10.1 Å². The molecule has 22 heavy (non-hydrogen) atoms. The predicted octanol–water partition coefficient (Wildman–Crippen LogP) is 3.43. The van der Waals surface area contributed by atoms with Crippen LogP contribution in [0.25, 0.3) is 6.08 Å². The number of hydrogen-bond donors (Lipinski definition) is 1. The molecule has 0 spiro atoms. The molecule has 0 saturated heterocycles. The highest BCUT2D eigenvalue weighted by molar-refractivity contribution is 6.03. The summed E-state index contributed by atoms with van der Waals surface area (Å²) in [6.45, 7) is 1.77. The van der Waals surface area contributed by atoms with Gasteiger partial charge in [0.15, 0.2) is 0 Å². The molecule has 2 aromatic carbocycles. The minimum absolute atomic E-state index is 0.256. The Balaban J connectivity index is 2.12. The number of methoxy groups -OCH3 is 1. The van der Waals surface area contributed by atoms with Crippen molar-refractivity contribution in [1.29, 1.82) is 0 Å². The van der Waals surface area contributed by atoms with Crippen LogP contribution < -0.4 is 5.32 Å². The van der Waals surface area contributed by atoms with Crippen molar-refractivity contribution >= 4 is 23.6 Å². The van der Waals surface area contributed by atoms with Crippen molar-refractivity contribution in [2.24, 2.45) is 0 Å². The topological polar surface area (TPSA) is 55.4 Å². The molecule has 2 aromatic rings. The molecular weight excluding hydrogens is 278 g/mol. The first kappa shape index (κ1) is 15.5. The Bertz CT molecular complexity index is 706. The third-order valence-corrected chi connectivity index (χ3v) is 3.22. The number of rotatable bonds is 4. The average Bonchev–Trinajstić information content (AvgIpc) is 2.55. The van der Waals surface area contributed by atoms with E-state index in [0.29, 0.717) is 16.8 Å². The van der Waals surface area contributed by atoms with Gasteiger partial charge in [0, 0.05) is 11.8 Å². The van der Waals surface area contributed by atoms with E-state index < -0.39 is 5.97 Å². The summed E-state index contributed by atoms with van der Waals surface area (Å²) < 4.78 is 4.72. The van der Waals surface area contributed by atoms with Crippen LogP contribution in [0.4, 0.5) is 5.69 Å². The molecule has 0 aliphatic rings. The SMILES string of the molecule is COC(=O)c1cccc(NC(=O)/C=C/c2ccccc2)c1C. The molecule has 0 aromatic heterocycles. The van der Waals surface area contributed by atoms with Gasteiger partial charge in [-0.15, -0.1) is 0 Å². The van der Waals surface area contributed by atoms with Crippen LogP contribution in [0.1, 0.15) is 21.5 Å². The number of benzene rings is 2. The zero-order valence-electron chi connectivity index (χ0n) is 12.5. The van der Waals surface area contributed by atoms with E-state index in [1.165, 1.54) is 13.2 Å². The third-order valence-electron chi connectivity index (χ3n) is 3.22. The predicted molar refractivity (Wildman–Crippen MR) is 86.6 cm³/mol. The molecule has 0 bridgehead atoms. The van der Waals surface area contributed by atoms with Gasteiger partial charge >= 0.3 is 5.97 Å². The van der Waals surface area contributed by atoms with Crippen LogP contribution in [0, 0.1) is 6.92 Å². The first-order chi connectivity index (χ1) is 10.6. The fraction of sp³-hybridized carbons (Fsp3) is 0.111. The van der Waals surface area contributed by atoms with E-state index in [1.807, 2.05) is 30.3 Å².